The van der Waals surface area contributed by atoms with Gasteiger partial charge >= 0.3 is 0 Å². The first-order valence-electron chi connectivity index (χ1n) is 7.52. The number of carbonyl (C=O) groups excluding carboxylic acids is 2. The number of likely N-dealkylation sites (tertiary alicyclic amines) is 1. The lowest BCUT2D eigenvalue weighted by Crippen LogP contribution is -2.40. The molecule has 1 N–H and O–H groups in total. The van der Waals surface area contributed by atoms with Crippen LogP contribution in [0.2, 0.25) is 0 Å². The fraction of sp³-hybridized carbons (Fsp3) is 0.667. The van der Waals surface area contributed by atoms with Gasteiger partial charge in [-0.1, -0.05) is 12.1 Å². The van der Waals surface area contributed by atoms with Gasteiger partial charge in [-0.15, -0.1) is 0 Å². The summed E-state index contributed by atoms with van der Waals surface area (Å²) < 4.78 is 5.21. The summed E-state index contributed by atoms with van der Waals surface area (Å²) in [5.41, 5.74) is 0.356. The molecule has 2 fully saturated rings. The number of hydrogen-bond donors (Lipinski definition) is 1. The lowest BCUT2D eigenvalue weighted by molar-refractivity contribution is -0.117. The number of rotatable bonds is 5. The van der Waals surface area contributed by atoms with E-state index in [1.807, 2.05) is 0 Å². The summed E-state index contributed by atoms with van der Waals surface area (Å²) in [6.07, 6.45) is 2.24. The predicted octanol–water partition coefficient (Wildman–Crippen LogP) is 1.19. The molecule has 1 amide bonds. The van der Waals surface area contributed by atoms with Gasteiger partial charge in [0.2, 0.25) is 0 Å². The second kappa shape index (κ2) is 5.60. The number of nitrogens with zero attached hydrogens (tertiary/aromatic N) is 2. The molecule has 3 rings (SSSR count). The summed E-state index contributed by atoms with van der Waals surface area (Å²) in [7, 11) is 0. The fourth-order valence-electron chi connectivity index (χ4n) is 2.90. The number of Topliss-reactive ketones (excluding diaryl/α,β-unsaturated/α-hetero) is 1. The van der Waals surface area contributed by atoms with Crippen LogP contribution in [-0.2, 0) is 4.79 Å². The minimum Gasteiger partial charge on any atom is -0.360 e. The Morgan fingerprint density at radius 2 is 2.19 bits per heavy atom. The average molecular weight is 291 g/mol. The van der Waals surface area contributed by atoms with Crippen LogP contribution in [0.15, 0.2) is 10.6 Å². The number of amides is 1. The van der Waals surface area contributed by atoms with Gasteiger partial charge in [0.05, 0.1) is 6.54 Å². The van der Waals surface area contributed by atoms with Crippen LogP contribution in [0.3, 0.4) is 0 Å². The van der Waals surface area contributed by atoms with E-state index in [9.17, 15) is 9.59 Å². The van der Waals surface area contributed by atoms with Crippen molar-refractivity contribution in [2.75, 3.05) is 19.6 Å². The zero-order valence-corrected chi connectivity index (χ0v) is 12.5. The zero-order chi connectivity index (χ0) is 15.0. The Kier molecular flexibility index (Phi) is 3.80. The quantitative estimate of drug-likeness (QED) is 0.882. The van der Waals surface area contributed by atoms with E-state index >= 15 is 0 Å². The third kappa shape index (κ3) is 3.32. The Morgan fingerprint density at radius 3 is 2.86 bits per heavy atom. The number of aromatic nitrogens is 1. The first-order chi connectivity index (χ1) is 10.0. The van der Waals surface area contributed by atoms with E-state index in [4.69, 9.17) is 4.52 Å². The van der Waals surface area contributed by atoms with Crippen molar-refractivity contribution in [1.29, 1.82) is 0 Å². The molecule has 21 heavy (non-hydrogen) atoms. The smallest absolute Gasteiger partial charge is 0.273 e. The second-order valence-electron chi connectivity index (χ2n) is 6.34. The molecular weight excluding hydrogens is 270 g/mol. The molecule has 2 atom stereocenters. The first-order valence-corrected chi connectivity index (χ1v) is 7.52. The zero-order valence-electron chi connectivity index (χ0n) is 12.5. The van der Waals surface area contributed by atoms with Crippen LogP contribution in [0.4, 0.5) is 0 Å². The van der Waals surface area contributed by atoms with Crippen LogP contribution in [0.25, 0.3) is 0 Å². The molecule has 6 nitrogen and oxygen atoms in total. The van der Waals surface area contributed by atoms with E-state index in [0.29, 0.717) is 30.6 Å². The van der Waals surface area contributed by atoms with E-state index in [1.54, 1.807) is 13.0 Å². The van der Waals surface area contributed by atoms with Crippen molar-refractivity contribution in [3.8, 4) is 0 Å². The third-order valence-electron chi connectivity index (χ3n) is 4.19. The lowest BCUT2D eigenvalue weighted by Gasteiger charge is -2.15. The van der Waals surface area contributed by atoms with Gasteiger partial charge in [-0.3, -0.25) is 14.5 Å². The normalized spacial score (nSPS) is 26.0. The van der Waals surface area contributed by atoms with E-state index in [-0.39, 0.29) is 17.7 Å². The Morgan fingerprint density at radius 1 is 1.43 bits per heavy atom. The minimum absolute atomic E-state index is 0.0536. The van der Waals surface area contributed by atoms with Gasteiger partial charge in [0.25, 0.3) is 5.91 Å². The van der Waals surface area contributed by atoms with Crippen LogP contribution < -0.4 is 5.32 Å². The molecule has 0 bridgehead atoms. The Labute approximate surface area is 123 Å². The van der Waals surface area contributed by atoms with Crippen LogP contribution in [0.5, 0.6) is 0 Å². The van der Waals surface area contributed by atoms with E-state index in [1.165, 1.54) is 0 Å². The largest absolute Gasteiger partial charge is 0.360 e. The maximum atomic E-state index is 12.2. The maximum absolute atomic E-state index is 12.2. The lowest BCUT2D eigenvalue weighted by atomic mass is 10.1. The summed E-state index contributed by atoms with van der Waals surface area (Å²) in [5.74, 6) is 1.56. The van der Waals surface area contributed by atoms with Crippen molar-refractivity contribution in [3.63, 3.8) is 0 Å². The third-order valence-corrected chi connectivity index (χ3v) is 4.19. The molecule has 0 spiro atoms. The van der Waals surface area contributed by atoms with Crippen LogP contribution >= 0.6 is 0 Å². The molecule has 1 saturated carbocycles. The summed E-state index contributed by atoms with van der Waals surface area (Å²) in [5, 5.41) is 6.86. The topological polar surface area (TPSA) is 75.4 Å². The first kappa shape index (κ1) is 14.3. The Hall–Kier alpha value is -1.69. The van der Waals surface area contributed by atoms with E-state index in [0.717, 1.165) is 25.1 Å². The molecule has 1 aromatic rings. The minimum atomic E-state index is -0.188. The molecule has 0 radical (unpaired) electrons. The van der Waals surface area contributed by atoms with Gasteiger partial charge in [-0.05, 0) is 25.7 Å². The Bertz CT molecular complexity index is 550. The van der Waals surface area contributed by atoms with Gasteiger partial charge in [0, 0.05) is 31.1 Å². The number of ketones is 1. The number of nitrogens with one attached hydrogen (secondary N) is 1. The molecular formula is C15H21N3O3. The van der Waals surface area contributed by atoms with Crippen LogP contribution in [-0.4, -0.2) is 47.4 Å². The van der Waals surface area contributed by atoms with Crippen molar-refractivity contribution in [2.24, 2.45) is 5.92 Å². The molecule has 2 aliphatic rings. The summed E-state index contributed by atoms with van der Waals surface area (Å²) in [6.45, 7) is 5.66. The van der Waals surface area contributed by atoms with Crippen molar-refractivity contribution in [2.45, 2.75) is 38.6 Å². The monoisotopic (exact) mass is 291 g/mol. The molecule has 1 saturated heterocycles. The molecule has 2 heterocycles. The average Bonchev–Trinajstić information content (AvgIpc) is 3.04. The molecule has 114 valence electrons. The molecule has 1 aliphatic heterocycles. The summed E-state index contributed by atoms with van der Waals surface area (Å²) in [6, 6.07) is 1.80. The molecule has 0 unspecified atom stereocenters. The van der Waals surface area contributed by atoms with Crippen molar-refractivity contribution < 1.29 is 14.1 Å². The Balaban J connectivity index is 1.57. The fourth-order valence-corrected chi connectivity index (χ4v) is 2.90. The van der Waals surface area contributed by atoms with Crippen molar-refractivity contribution >= 4 is 11.7 Å². The summed E-state index contributed by atoms with van der Waals surface area (Å²) >= 11 is 0. The van der Waals surface area contributed by atoms with Gasteiger partial charge in [-0.25, -0.2) is 0 Å². The molecule has 1 aromatic heterocycles. The molecule has 0 aromatic carbocycles. The SMILES string of the molecule is CC(=O)CN1C[C@H](C)[C@H](NC(=O)c2cc(C3CC3)on2)C1. The number of hydrogen-bond acceptors (Lipinski definition) is 5. The molecule has 1 aliphatic carbocycles. The second-order valence-corrected chi connectivity index (χ2v) is 6.34. The van der Waals surface area contributed by atoms with Gasteiger partial charge < -0.3 is 9.84 Å². The van der Waals surface area contributed by atoms with Crippen molar-refractivity contribution in [1.82, 2.24) is 15.4 Å². The standard InChI is InChI=1S/C15H21N3O3/c1-9-6-18(7-10(2)19)8-13(9)16-15(20)12-5-14(21-17-12)11-3-4-11/h5,9,11,13H,3-4,6-8H2,1-2H3,(H,16,20)/t9-,13+/m0/s1. The van der Waals surface area contributed by atoms with E-state index < -0.39 is 0 Å². The summed E-state index contributed by atoms with van der Waals surface area (Å²) in [4.78, 5) is 25.5. The van der Waals surface area contributed by atoms with Gasteiger partial charge in [0.15, 0.2) is 5.69 Å². The highest BCUT2D eigenvalue weighted by Gasteiger charge is 2.33. The predicted molar refractivity (Wildman–Crippen MR) is 76.0 cm³/mol. The molecule has 6 heteroatoms. The highest BCUT2D eigenvalue weighted by atomic mass is 16.5. The van der Waals surface area contributed by atoms with Gasteiger partial charge in [0.1, 0.15) is 11.5 Å². The number of carbonyl (C=O) groups is 2. The highest BCUT2D eigenvalue weighted by molar-refractivity contribution is 5.92. The van der Waals surface area contributed by atoms with Gasteiger partial charge in [-0.2, -0.15) is 0 Å². The highest BCUT2D eigenvalue weighted by Crippen LogP contribution is 2.40. The van der Waals surface area contributed by atoms with Crippen molar-refractivity contribution in [3.05, 3.63) is 17.5 Å². The van der Waals surface area contributed by atoms with Crippen LogP contribution in [0, 0.1) is 5.92 Å². The maximum Gasteiger partial charge on any atom is 0.273 e. The van der Waals surface area contributed by atoms with E-state index in [2.05, 4.69) is 22.3 Å². The van der Waals surface area contributed by atoms with Crippen LogP contribution in [0.1, 0.15) is 48.9 Å².